The Bertz CT molecular complexity index is 320. The fourth-order valence-electron chi connectivity index (χ4n) is 1.23. The second-order valence-electron chi connectivity index (χ2n) is 3.82. The fourth-order valence-corrected chi connectivity index (χ4v) is 2.20. The van der Waals surface area contributed by atoms with Gasteiger partial charge in [0.25, 0.3) is 0 Å². The number of pyridine rings is 1. The second-order valence-corrected chi connectivity index (χ2v) is 5.29. The third-order valence-corrected chi connectivity index (χ3v) is 3.99. The topological polar surface area (TPSA) is 48.1 Å². The lowest BCUT2D eigenvalue weighted by atomic mass is 10.1. The molecule has 3 nitrogen and oxygen atoms in total. The van der Waals surface area contributed by atoms with Gasteiger partial charge in [0.05, 0.1) is 13.3 Å². The van der Waals surface area contributed by atoms with Crippen LogP contribution in [0.3, 0.4) is 0 Å². The van der Waals surface area contributed by atoms with Crippen molar-refractivity contribution in [1.82, 2.24) is 4.98 Å². The molecule has 16 heavy (non-hydrogen) atoms. The predicted molar refractivity (Wildman–Crippen MR) is 69.9 cm³/mol. The van der Waals surface area contributed by atoms with E-state index in [9.17, 15) is 0 Å². The highest BCUT2D eigenvalue weighted by Crippen LogP contribution is 2.22. The van der Waals surface area contributed by atoms with Crippen molar-refractivity contribution in [2.75, 3.05) is 12.9 Å². The molecule has 4 heteroatoms. The fraction of sp³-hybridized carbons (Fsp3) is 0.583. The number of hydrogen-bond donors (Lipinski definition) is 1. The molecule has 0 aromatic carbocycles. The molecule has 90 valence electrons. The van der Waals surface area contributed by atoms with Crippen molar-refractivity contribution in [3.8, 4) is 5.75 Å². The molecule has 0 radical (unpaired) electrons. The van der Waals surface area contributed by atoms with Crippen molar-refractivity contribution in [3.63, 3.8) is 0 Å². The summed E-state index contributed by atoms with van der Waals surface area (Å²) in [6.07, 6.45) is 4.68. The van der Waals surface area contributed by atoms with Crippen LogP contribution in [-0.2, 0) is 0 Å². The minimum atomic E-state index is 0.0293. The summed E-state index contributed by atoms with van der Waals surface area (Å²) >= 11 is 1.90. The van der Waals surface area contributed by atoms with Gasteiger partial charge in [-0.05, 0) is 18.1 Å². The molecular weight excluding hydrogens is 220 g/mol. The number of methoxy groups -OCH3 is 1. The van der Waals surface area contributed by atoms with Crippen LogP contribution in [0.5, 0.6) is 5.75 Å². The number of rotatable bonds is 6. The summed E-state index contributed by atoms with van der Waals surface area (Å²) in [6, 6.07) is 1.98. The molecule has 2 N–H and O–H groups in total. The van der Waals surface area contributed by atoms with Crippen molar-refractivity contribution in [1.29, 1.82) is 0 Å². The highest BCUT2D eigenvalue weighted by molar-refractivity contribution is 7.99. The minimum Gasteiger partial charge on any atom is -0.495 e. The minimum absolute atomic E-state index is 0.0293. The molecule has 0 aliphatic heterocycles. The summed E-state index contributed by atoms with van der Waals surface area (Å²) in [5.74, 6) is 1.69. The first-order chi connectivity index (χ1) is 7.67. The smallest absolute Gasteiger partial charge is 0.137 e. The van der Waals surface area contributed by atoms with Crippen molar-refractivity contribution in [2.24, 2.45) is 5.73 Å². The maximum atomic E-state index is 6.11. The molecule has 0 amide bonds. The Kier molecular flexibility index (Phi) is 5.63. The van der Waals surface area contributed by atoms with Crippen LogP contribution in [0.25, 0.3) is 0 Å². The zero-order valence-electron chi connectivity index (χ0n) is 10.1. The van der Waals surface area contributed by atoms with Gasteiger partial charge in [0.2, 0.25) is 0 Å². The number of nitrogens with zero attached hydrogens (tertiary/aromatic N) is 1. The largest absolute Gasteiger partial charge is 0.495 e. The Morgan fingerprint density at radius 3 is 2.88 bits per heavy atom. The van der Waals surface area contributed by atoms with Crippen LogP contribution in [0.4, 0.5) is 0 Å². The third-order valence-electron chi connectivity index (χ3n) is 2.53. The Labute approximate surface area is 102 Å². The maximum Gasteiger partial charge on any atom is 0.137 e. The molecule has 2 atom stereocenters. The quantitative estimate of drug-likeness (QED) is 0.830. The highest BCUT2D eigenvalue weighted by Gasteiger charge is 2.09. The summed E-state index contributed by atoms with van der Waals surface area (Å²) in [7, 11) is 1.64. The number of nitrogens with two attached hydrogens (primary N) is 1. The molecule has 1 aromatic heterocycles. The van der Waals surface area contributed by atoms with E-state index in [-0.39, 0.29) is 6.04 Å². The molecule has 1 heterocycles. The molecule has 0 spiro atoms. The van der Waals surface area contributed by atoms with Gasteiger partial charge in [0.15, 0.2) is 0 Å². The van der Waals surface area contributed by atoms with E-state index in [2.05, 4.69) is 18.8 Å². The van der Waals surface area contributed by atoms with Crippen LogP contribution in [0.1, 0.15) is 31.9 Å². The molecule has 2 unspecified atom stereocenters. The summed E-state index contributed by atoms with van der Waals surface area (Å²) in [6.45, 7) is 4.41. The molecule has 1 aromatic rings. The van der Waals surface area contributed by atoms with E-state index in [1.54, 1.807) is 13.3 Å². The molecule has 0 aliphatic carbocycles. The van der Waals surface area contributed by atoms with Crippen LogP contribution in [0, 0.1) is 0 Å². The molecule has 0 saturated carbocycles. The maximum absolute atomic E-state index is 6.11. The predicted octanol–water partition coefficient (Wildman–Crippen LogP) is 2.62. The van der Waals surface area contributed by atoms with Gasteiger partial charge >= 0.3 is 0 Å². The van der Waals surface area contributed by atoms with Crippen LogP contribution in [0.2, 0.25) is 0 Å². The summed E-state index contributed by atoms with van der Waals surface area (Å²) in [4.78, 5) is 4.11. The molecule has 0 fully saturated rings. The average molecular weight is 240 g/mol. The van der Waals surface area contributed by atoms with Crippen LogP contribution in [0.15, 0.2) is 18.5 Å². The van der Waals surface area contributed by atoms with Gasteiger partial charge in [-0.1, -0.05) is 13.8 Å². The zero-order valence-corrected chi connectivity index (χ0v) is 11.0. The monoisotopic (exact) mass is 240 g/mol. The van der Waals surface area contributed by atoms with E-state index < -0.39 is 0 Å². The van der Waals surface area contributed by atoms with Crippen LogP contribution in [-0.4, -0.2) is 23.1 Å². The molecule has 0 aliphatic rings. The van der Waals surface area contributed by atoms with Gasteiger partial charge in [-0.25, -0.2) is 0 Å². The first-order valence-corrected chi connectivity index (χ1v) is 6.58. The molecular formula is C12H20N2OS. The van der Waals surface area contributed by atoms with E-state index >= 15 is 0 Å². The van der Waals surface area contributed by atoms with Crippen molar-refractivity contribution in [3.05, 3.63) is 24.0 Å². The number of ether oxygens (including phenoxy) is 1. The third kappa shape index (κ3) is 4.02. The standard InChI is InChI=1S/C12H20N2OS/c1-4-9(2)16-8-12(13)10-5-11(15-3)7-14-6-10/h5-7,9,12H,4,8,13H2,1-3H3. The Hall–Kier alpha value is -0.740. The first kappa shape index (κ1) is 13.3. The van der Waals surface area contributed by atoms with Gasteiger partial charge < -0.3 is 10.5 Å². The zero-order chi connectivity index (χ0) is 12.0. The lowest BCUT2D eigenvalue weighted by Crippen LogP contribution is -2.15. The van der Waals surface area contributed by atoms with Crippen LogP contribution < -0.4 is 10.5 Å². The SMILES string of the molecule is CCC(C)SCC(N)c1cncc(OC)c1. The molecule has 0 bridgehead atoms. The Morgan fingerprint density at radius 1 is 1.50 bits per heavy atom. The average Bonchev–Trinajstić information content (AvgIpc) is 2.35. The van der Waals surface area contributed by atoms with E-state index in [1.165, 1.54) is 6.42 Å². The van der Waals surface area contributed by atoms with Crippen LogP contribution >= 0.6 is 11.8 Å². The van der Waals surface area contributed by atoms with Gasteiger partial charge in [-0.15, -0.1) is 0 Å². The van der Waals surface area contributed by atoms with E-state index in [4.69, 9.17) is 10.5 Å². The highest BCUT2D eigenvalue weighted by atomic mass is 32.2. The van der Waals surface area contributed by atoms with Crippen molar-refractivity contribution >= 4 is 11.8 Å². The summed E-state index contributed by atoms with van der Waals surface area (Å²) < 4.78 is 5.13. The normalized spacial score (nSPS) is 14.5. The van der Waals surface area contributed by atoms with E-state index in [0.29, 0.717) is 5.25 Å². The summed E-state index contributed by atoms with van der Waals surface area (Å²) in [5, 5.41) is 0.657. The van der Waals surface area contributed by atoms with E-state index in [1.807, 2.05) is 24.0 Å². The number of aromatic nitrogens is 1. The van der Waals surface area contributed by atoms with Gasteiger partial charge in [0, 0.05) is 23.2 Å². The molecule has 1 rings (SSSR count). The van der Waals surface area contributed by atoms with Gasteiger partial charge in [-0.2, -0.15) is 11.8 Å². The molecule has 0 saturated heterocycles. The lowest BCUT2D eigenvalue weighted by Gasteiger charge is -2.14. The second kappa shape index (κ2) is 6.76. The first-order valence-electron chi connectivity index (χ1n) is 5.53. The van der Waals surface area contributed by atoms with E-state index in [0.717, 1.165) is 17.1 Å². The number of hydrogen-bond acceptors (Lipinski definition) is 4. The van der Waals surface area contributed by atoms with Gasteiger partial charge in [0.1, 0.15) is 5.75 Å². The van der Waals surface area contributed by atoms with Gasteiger partial charge in [-0.3, -0.25) is 4.98 Å². The Balaban J connectivity index is 2.54. The number of thioether (sulfide) groups is 1. The lowest BCUT2D eigenvalue weighted by molar-refractivity contribution is 0.412. The summed E-state index contributed by atoms with van der Waals surface area (Å²) in [5.41, 5.74) is 7.14. The van der Waals surface area contributed by atoms with Crippen molar-refractivity contribution < 1.29 is 4.74 Å². The van der Waals surface area contributed by atoms with Crippen molar-refractivity contribution in [2.45, 2.75) is 31.6 Å². The Morgan fingerprint density at radius 2 is 2.25 bits per heavy atom.